The number of alkyl carbamates (subject to hydrolysis) is 1. The molecule has 2 atom stereocenters. The number of benzene rings is 2. The fourth-order valence-corrected chi connectivity index (χ4v) is 3.72. The van der Waals surface area contributed by atoms with E-state index in [9.17, 15) is 14.7 Å². The number of carboxylic acid groups (broad SMARTS) is 1. The second-order valence-electron chi connectivity index (χ2n) is 6.48. The van der Waals surface area contributed by atoms with E-state index in [0.717, 1.165) is 22.3 Å². The molecule has 2 aliphatic rings. The summed E-state index contributed by atoms with van der Waals surface area (Å²) in [5, 5.41) is 11.8. The zero-order valence-corrected chi connectivity index (χ0v) is 15.3. The highest BCUT2D eigenvalue weighted by molar-refractivity contribution is 6.29. The van der Waals surface area contributed by atoms with Crippen LogP contribution in [-0.2, 0) is 14.4 Å². The number of halogens is 1. The van der Waals surface area contributed by atoms with Crippen molar-refractivity contribution in [2.24, 2.45) is 0 Å². The zero-order valence-electron chi connectivity index (χ0n) is 14.6. The molecule has 0 saturated heterocycles. The molecule has 0 saturated carbocycles. The highest BCUT2D eigenvalue weighted by atomic mass is 35.5. The molecule has 2 aromatic rings. The molecule has 0 radical (unpaired) electrons. The molecule has 7 nitrogen and oxygen atoms in total. The van der Waals surface area contributed by atoms with Gasteiger partial charge in [-0.1, -0.05) is 60.1 Å². The van der Waals surface area contributed by atoms with E-state index in [1.807, 2.05) is 48.5 Å². The quantitative estimate of drug-likeness (QED) is 0.668. The van der Waals surface area contributed by atoms with Gasteiger partial charge in [-0.2, -0.15) is 0 Å². The Balaban J connectivity index is 1.46. The molecule has 3 N–H and O–H groups in total. The van der Waals surface area contributed by atoms with Crippen LogP contribution in [0.1, 0.15) is 17.0 Å². The largest absolute Gasteiger partial charge is 0.480 e. The molecule has 1 aliphatic heterocycles. The van der Waals surface area contributed by atoms with Crippen LogP contribution in [0.2, 0.25) is 0 Å². The third kappa shape index (κ3) is 3.42. The van der Waals surface area contributed by atoms with Gasteiger partial charge in [-0.05, 0) is 28.3 Å². The first-order valence-electron chi connectivity index (χ1n) is 8.68. The Morgan fingerprint density at radius 2 is 1.75 bits per heavy atom. The normalized spacial score (nSPS) is 18.5. The number of fused-ring (bicyclic) bond motifs is 3. The number of aliphatic carboxylic acids is 1. The number of nitrogens with one attached hydrogen (secondary N) is 2. The minimum absolute atomic E-state index is 0.0898. The summed E-state index contributed by atoms with van der Waals surface area (Å²) in [5.41, 5.74) is 6.72. The summed E-state index contributed by atoms with van der Waals surface area (Å²) in [4.78, 5) is 28.8. The average Bonchev–Trinajstić information content (AvgIpc) is 3.26. The first-order chi connectivity index (χ1) is 13.5. The van der Waals surface area contributed by atoms with Crippen molar-refractivity contribution in [3.63, 3.8) is 0 Å². The van der Waals surface area contributed by atoms with Crippen molar-refractivity contribution in [1.82, 2.24) is 10.8 Å². The Hall–Kier alpha value is -3.03. The Morgan fingerprint density at radius 1 is 1.14 bits per heavy atom. The van der Waals surface area contributed by atoms with Crippen LogP contribution >= 0.6 is 11.6 Å². The van der Waals surface area contributed by atoms with Gasteiger partial charge in [-0.25, -0.2) is 9.59 Å². The summed E-state index contributed by atoms with van der Waals surface area (Å²) >= 11 is 5.72. The Labute approximate surface area is 165 Å². The summed E-state index contributed by atoms with van der Waals surface area (Å²) in [6.07, 6.45) is -0.413. The lowest BCUT2D eigenvalue weighted by molar-refractivity contribution is -0.143. The fourth-order valence-electron chi connectivity index (χ4n) is 3.55. The van der Waals surface area contributed by atoms with Crippen LogP contribution in [0.25, 0.3) is 11.1 Å². The van der Waals surface area contributed by atoms with Gasteiger partial charge >= 0.3 is 12.1 Å². The predicted octanol–water partition coefficient (Wildman–Crippen LogP) is 2.96. The number of hydroxylamine groups is 1. The molecule has 0 aromatic heterocycles. The highest BCUT2D eigenvalue weighted by Crippen LogP contribution is 2.44. The van der Waals surface area contributed by atoms with Crippen molar-refractivity contribution >= 4 is 23.7 Å². The van der Waals surface area contributed by atoms with Gasteiger partial charge in [0.05, 0.1) is 0 Å². The van der Waals surface area contributed by atoms with Crippen LogP contribution in [0.15, 0.2) is 59.8 Å². The Bertz CT molecular complexity index is 916. The van der Waals surface area contributed by atoms with E-state index in [0.29, 0.717) is 0 Å². The van der Waals surface area contributed by atoms with E-state index in [2.05, 4.69) is 10.8 Å². The molecule has 0 fully saturated rings. The number of carbonyl (C=O) groups excluding carboxylic acids is 1. The molecule has 8 heteroatoms. The summed E-state index contributed by atoms with van der Waals surface area (Å²) in [7, 11) is 0. The van der Waals surface area contributed by atoms with Crippen molar-refractivity contribution < 1.29 is 24.3 Å². The van der Waals surface area contributed by atoms with Crippen molar-refractivity contribution in [3.05, 3.63) is 70.9 Å². The summed E-state index contributed by atoms with van der Waals surface area (Å²) < 4.78 is 5.36. The molecule has 1 aliphatic carbocycles. The third-order valence-electron chi connectivity index (χ3n) is 4.81. The summed E-state index contributed by atoms with van der Waals surface area (Å²) in [6.45, 7) is 0.0898. The molecule has 2 aromatic carbocycles. The lowest BCUT2D eigenvalue weighted by atomic mass is 9.98. The minimum Gasteiger partial charge on any atom is -0.480 e. The van der Waals surface area contributed by atoms with Crippen LogP contribution in [0.4, 0.5) is 4.79 Å². The standard InChI is InChI=1S/C20H17ClN2O5/c21-17-9-16(28-23-17)18(19(24)25)22-20(26)27-10-15-13-7-3-1-5-11(13)12-6-2-4-8-14(12)15/h1-9,15-16,18,23H,10H2,(H,22,26)(H,24,25). The molecule has 4 rings (SSSR count). The van der Waals surface area contributed by atoms with Gasteiger partial charge in [0.2, 0.25) is 0 Å². The summed E-state index contributed by atoms with van der Waals surface area (Å²) in [6, 6.07) is 14.6. The number of hydrogen-bond acceptors (Lipinski definition) is 5. The van der Waals surface area contributed by atoms with E-state index >= 15 is 0 Å². The Kier molecular flexibility index (Phi) is 4.93. The maximum atomic E-state index is 12.3. The molecular weight excluding hydrogens is 384 g/mol. The van der Waals surface area contributed by atoms with Crippen molar-refractivity contribution in [3.8, 4) is 11.1 Å². The number of carboxylic acids is 1. The van der Waals surface area contributed by atoms with E-state index in [-0.39, 0.29) is 17.7 Å². The summed E-state index contributed by atoms with van der Waals surface area (Å²) in [5.74, 6) is -1.37. The molecular formula is C20H17ClN2O5. The fraction of sp³-hybridized carbons (Fsp3) is 0.200. The average molecular weight is 401 g/mol. The lowest BCUT2D eigenvalue weighted by Gasteiger charge is -2.19. The highest BCUT2D eigenvalue weighted by Gasteiger charge is 2.34. The van der Waals surface area contributed by atoms with Crippen LogP contribution in [-0.4, -0.2) is 35.9 Å². The van der Waals surface area contributed by atoms with Gasteiger partial charge in [0, 0.05) is 5.92 Å². The first-order valence-corrected chi connectivity index (χ1v) is 9.05. The number of rotatable bonds is 5. The second-order valence-corrected chi connectivity index (χ2v) is 6.89. The first kappa shape index (κ1) is 18.3. The van der Waals surface area contributed by atoms with Crippen LogP contribution < -0.4 is 10.8 Å². The van der Waals surface area contributed by atoms with Gasteiger partial charge in [-0.15, -0.1) is 0 Å². The topological polar surface area (TPSA) is 96.9 Å². The predicted molar refractivity (Wildman–Crippen MR) is 102 cm³/mol. The lowest BCUT2D eigenvalue weighted by Crippen LogP contribution is -2.49. The maximum Gasteiger partial charge on any atom is 0.407 e. The van der Waals surface area contributed by atoms with Crippen LogP contribution in [0.5, 0.6) is 0 Å². The molecule has 2 unspecified atom stereocenters. The molecule has 1 amide bonds. The molecule has 28 heavy (non-hydrogen) atoms. The smallest absolute Gasteiger partial charge is 0.407 e. The number of ether oxygens (including phenoxy) is 1. The molecule has 1 heterocycles. The number of carbonyl (C=O) groups is 2. The zero-order chi connectivity index (χ0) is 19.7. The van der Waals surface area contributed by atoms with Gasteiger partial charge < -0.3 is 15.2 Å². The minimum atomic E-state index is -1.33. The van der Waals surface area contributed by atoms with Crippen molar-refractivity contribution in [2.45, 2.75) is 18.1 Å². The van der Waals surface area contributed by atoms with Gasteiger partial charge in [0.15, 0.2) is 6.04 Å². The van der Waals surface area contributed by atoms with E-state index in [1.54, 1.807) is 0 Å². The molecule has 144 valence electrons. The van der Waals surface area contributed by atoms with Gasteiger partial charge in [-0.3, -0.25) is 10.3 Å². The van der Waals surface area contributed by atoms with Crippen LogP contribution in [0, 0.1) is 0 Å². The third-order valence-corrected chi connectivity index (χ3v) is 5.02. The van der Waals surface area contributed by atoms with Crippen LogP contribution in [0.3, 0.4) is 0 Å². The maximum absolute atomic E-state index is 12.3. The van der Waals surface area contributed by atoms with E-state index < -0.39 is 24.2 Å². The monoisotopic (exact) mass is 400 g/mol. The number of amides is 1. The second kappa shape index (κ2) is 7.53. The Morgan fingerprint density at radius 3 is 2.29 bits per heavy atom. The SMILES string of the molecule is O=C(NC(C(=O)O)C1C=C(Cl)NO1)OCC1c2ccccc2-c2ccccc21. The number of hydrogen-bond donors (Lipinski definition) is 3. The molecule has 0 spiro atoms. The molecule has 0 bridgehead atoms. The van der Waals surface area contributed by atoms with Crippen molar-refractivity contribution in [1.29, 1.82) is 0 Å². The van der Waals surface area contributed by atoms with E-state index in [4.69, 9.17) is 21.2 Å². The van der Waals surface area contributed by atoms with Gasteiger partial charge in [0.1, 0.15) is 17.9 Å². The van der Waals surface area contributed by atoms with Crippen molar-refractivity contribution in [2.75, 3.05) is 6.61 Å². The van der Waals surface area contributed by atoms with E-state index in [1.165, 1.54) is 6.08 Å². The van der Waals surface area contributed by atoms with Gasteiger partial charge in [0.25, 0.3) is 0 Å².